The Morgan fingerprint density at radius 2 is 1.83 bits per heavy atom. The summed E-state index contributed by atoms with van der Waals surface area (Å²) < 4.78 is 4.79. The van der Waals surface area contributed by atoms with Crippen molar-refractivity contribution in [2.75, 3.05) is 25.4 Å². The normalized spacial score (nSPS) is 14.3. The molecule has 1 aromatic carbocycles. The van der Waals surface area contributed by atoms with Crippen LogP contribution in [0.25, 0.3) is 0 Å². The van der Waals surface area contributed by atoms with Gasteiger partial charge in [0.15, 0.2) is 0 Å². The third-order valence-corrected chi connectivity index (χ3v) is 2.63. The van der Waals surface area contributed by atoms with Crippen LogP contribution < -0.4 is 11.1 Å². The number of nitrogen functional groups attached to an aromatic ring is 1. The maximum absolute atomic E-state index is 11.1. The predicted octanol–water partition coefficient (Wildman–Crippen LogP) is 2.21. The summed E-state index contributed by atoms with van der Waals surface area (Å²) in [7, 11) is 0. The van der Waals surface area contributed by atoms with Crippen molar-refractivity contribution < 1.29 is 9.53 Å². The van der Waals surface area contributed by atoms with Gasteiger partial charge in [-0.25, -0.2) is 4.79 Å². The average Bonchev–Trinajstić information content (AvgIpc) is 2.42. The molecular weight excluding hydrogens is 228 g/mol. The van der Waals surface area contributed by atoms with Gasteiger partial charge in [0.25, 0.3) is 0 Å². The molecule has 1 aromatic rings. The molecule has 0 amide bonds. The SMILES string of the molecule is C1CCNCC1.CCOC(=O)c1ccc(N)cc1. The van der Waals surface area contributed by atoms with Gasteiger partial charge in [-0.1, -0.05) is 6.42 Å². The number of carbonyl (C=O) groups excluding carboxylic acids is 1. The van der Waals surface area contributed by atoms with E-state index in [4.69, 9.17) is 10.5 Å². The first-order chi connectivity index (χ1) is 8.74. The zero-order chi connectivity index (χ0) is 13.2. The lowest BCUT2D eigenvalue weighted by molar-refractivity contribution is 0.0526. The Labute approximate surface area is 109 Å². The Morgan fingerprint density at radius 3 is 2.22 bits per heavy atom. The number of ether oxygens (including phenoxy) is 1. The first-order valence-corrected chi connectivity index (χ1v) is 6.47. The van der Waals surface area contributed by atoms with E-state index >= 15 is 0 Å². The number of esters is 1. The van der Waals surface area contributed by atoms with Crippen LogP contribution in [-0.4, -0.2) is 25.7 Å². The summed E-state index contributed by atoms with van der Waals surface area (Å²) >= 11 is 0. The van der Waals surface area contributed by atoms with Crippen LogP contribution in [0.4, 0.5) is 5.69 Å². The molecule has 0 atom stereocenters. The maximum atomic E-state index is 11.1. The average molecular weight is 250 g/mol. The van der Waals surface area contributed by atoms with E-state index in [0.29, 0.717) is 17.9 Å². The minimum absolute atomic E-state index is 0.308. The van der Waals surface area contributed by atoms with Gasteiger partial charge in [-0.05, 0) is 57.1 Å². The maximum Gasteiger partial charge on any atom is 0.338 e. The first-order valence-electron chi connectivity index (χ1n) is 6.47. The Hall–Kier alpha value is -1.55. The van der Waals surface area contributed by atoms with E-state index in [9.17, 15) is 4.79 Å². The number of hydrogen-bond acceptors (Lipinski definition) is 4. The molecule has 0 radical (unpaired) electrons. The molecule has 0 spiro atoms. The minimum Gasteiger partial charge on any atom is -0.462 e. The van der Waals surface area contributed by atoms with Gasteiger partial charge in [0.1, 0.15) is 0 Å². The minimum atomic E-state index is -0.308. The molecule has 1 fully saturated rings. The lowest BCUT2D eigenvalue weighted by atomic mass is 10.2. The number of hydrogen-bond donors (Lipinski definition) is 2. The molecule has 0 aliphatic carbocycles. The number of anilines is 1. The molecule has 4 heteroatoms. The van der Waals surface area contributed by atoms with Gasteiger partial charge in [-0.2, -0.15) is 0 Å². The molecule has 1 heterocycles. The van der Waals surface area contributed by atoms with Gasteiger partial charge in [0.05, 0.1) is 12.2 Å². The summed E-state index contributed by atoms with van der Waals surface area (Å²) in [6.45, 7) is 4.67. The molecule has 4 nitrogen and oxygen atoms in total. The van der Waals surface area contributed by atoms with Crippen LogP contribution in [-0.2, 0) is 4.74 Å². The van der Waals surface area contributed by atoms with Crippen molar-refractivity contribution in [3.8, 4) is 0 Å². The van der Waals surface area contributed by atoms with Crippen molar-refractivity contribution in [3.63, 3.8) is 0 Å². The Balaban J connectivity index is 0.000000225. The molecule has 1 aliphatic rings. The van der Waals surface area contributed by atoms with Crippen LogP contribution in [0.3, 0.4) is 0 Å². The van der Waals surface area contributed by atoms with Crippen LogP contribution in [0, 0.1) is 0 Å². The number of carbonyl (C=O) groups is 1. The van der Waals surface area contributed by atoms with Crippen LogP contribution >= 0.6 is 0 Å². The third kappa shape index (κ3) is 5.68. The van der Waals surface area contributed by atoms with Gasteiger partial charge in [-0.15, -0.1) is 0 Å². The van der Waals surface area contributed by atoms with E-state index in [1.807, 2.05) is 0 Å². The molecule has 0 saturated carbocycles. The van der Waals surface area contributed by atoms with E-state index in [-0.39, 0.29) is 5.97 Å². The highest BCUT2D eigenvalue weighted by molar-refractivity contribution is 5.89. The summed E-state index contributed by atoms with van der Waals surface area (Å²) in [5.41, 5.74) is 6.62. The summed E-state index contributed by atoms with van der Waals surface area (Å²) in [6.07, 6.45) is 4.22. The number of piperidine rings is 1. The monoisotopic (exact) mass is 250 g/mol. The van der Waals surface area contributed by atoms with Crippen molar-refractivity contribution in [1.29, 1.82) is 0 Å². The zero-order valence-electron chi connectivity index (χ0n) is 10.9. The highest BCUT2D eigenvalue weighted by Gasteiger charge is 2.03. The van der Waals surface area contributed by atoms with Crippen molar-refractivity contribution >= 4 is 11.7 Å². The van der Waals surface area contributed by atoms with Gasteiger partial charge in [-0.3, -0.25) is 0 Å². The van der Waals surface area contributed by atoms with Crippen molar-refractivity contribution in [2.45, 2.75) is 26.2 Å². The van der Waals surface area contributed by atoms with Gasteiger partial charge < -0.3 is 15.8 Å². The summed E-state index contributed by atoms with van der Waals surface area (Å²) in [5.74, 6) is -0.308. The van der Waals surface area contributed by atoms with Gasteiger partial charge in [0.2, 0.25) is 0 Å². The van der Waals surface area contributed by atoms with E-state index in [1.54, 1.807) is 31.2 Å². The number of nitrogens with one attached hydrogen (secondary N) is 1. The third-order valence-electron chi connectivity index (χ3n) is 2.63. The lowest BCUT2D eigenvalue weighted by Crippen LogP contribution is -2.21. The lowest BCUT2D eigenvalue weighted by Gasteiger charge is -2.08. The molecule has 1 aliphatic heterocycles. The molecule has 1 saturated heterocycles. The summed E-state index contributed by atoms with van der Waals surface area (Å²) in [6, 6.07) is 6.64. The molecular formula is C14H22N2O2. The Bertz CT molecular complexity index is 334. The standard InChI is InChI=1S/C9H11NO2.C5H11N/c1-2-12-9(11)7-3-5-8(10)6-4-7;1-2-4-6-5-3-1/h3-6H,2,10H2,1H3;6H,1-5H2. The first kappa shape index (κ1) is 14.5. The Kier molecular flexibility index (Phi) is 6.87. The van der Waals surface area contributed by atoms with Gasteiger partial charge in [0, 0.05) is 5.69 Å². The van der Waals surface area contributed by atoms with Crippen molar-refractivity contribution in [1.82, 2.24) is 5.32 Å². The van der Waals surface area contributed by atoms with Crippen LogP contribution in [0.1, 0.15) is 36.5 Å². The predicted molar refractivity (Wildman–Crippen MR) is 73.5 cm³/mol. The molecule has 100 valence electrons. The molecule has 3 N–H and O–H groups in total. The fraction of sp³-hybridized carbons (Fsp3) is 0.500. The highest BCUT2D eigenvalue weighted by atomic mass is 16.5. The summed E-state index contributed by atoms with van der Waals surface area (Å²) in [4.78, 5) is 11.1. The fourth-order valence-electron chi connectivity index (χ4n) is 1.64. The van der Waals surface area contributed by atoms with Crippen LogP contribution in [0.5, 0.6) is 0 Å². The number of rotatable bonds is 2. The highest BCUT2D eigenvalue weighted by Crippen LogP contribution is 2.06. The van der Waals surface area contributed by atoms with Crippen LogP contribution in [0.15, 0.2) is 24.3 Å². The molecule has 2 rings (SSSR count). The molecule has 0 aromatic heterocycles. The second kappa shape index (κ2) is 8.53. The smallest absolute Gasteiger partial charge is 0.338 e. The van der Waals surface area contributed by atoms with Crippen molar-refractivity contribution in [3.05, 3.63) is 29.8 Å². The second-order valence-electron chi connectivity index (χ2n) is 4.15. The topological polar surface area (TPSA) is 64.3 Å². The van der Waals surface area contributed by atoms with E-state index in [2.05, 4.69) is 5.32 Å². The van der Waals surface area contributed by atoms with E-state index in [0.717, 1.165) is 0 Å². The largest absolute Gasteiger partial charge is 0.462 e. The molecule has 0 unspecified atom stereocenters. The van der Waals surface area contributed by atoms with E-state index in [1.165, 1.54) is 32.4 Å². The number of benzene rings is 1. The van der Waals surface area contributed by atoms with E-state index < -0.39 is 0 Å². The quantitative estimate of drug-likeness (QED) is 0.624. The number of nitrogens with two attached hydrogens (primary N) is 1. The Morgan fingerprint density at radius 1 is 1.22 bits per heavy atom. The van der Waals surface area contributed by atoms with Crippen molar-refractivity contribution in [2.24, 2.45) is 0 Å². The molecule has 0 bridgehead atoms. The zero-order valence-corrected chi connectivity index (χ0v) is 10.9. The fourth-order valence-corrected chi connectivity index (χ4v) is 1.64. The second-order valence-corrected chi connectivity index (χ2v) is 4.15. The molecule has 18 heavy (non-hydrogen) atoms. The summed E-state index contributed by atoms with van der Waals surface area (Å²) in [5, 5.41) is 3.28. The van der Waals surface area contributed by atoms with Crippen LogP contribution in [0.2, 0.25) is 0 Å². The van der Waals surface area contributed by atoms with Gasteiger partial charge >= 0.3 is 5.97 Å².